The first-order chi connectivity index (χ1) is 31.5. The summed E-state index contributed by atoms with van der Waals surface area (Å²) in [5.41, 5.74) is 17.8. The molecule has 0 saturated heterocycles. The van der Waals surface area contributed by atoms with Gasteiger partial charge in [0.1, 0.15) is 0 Å². The molecule has 0 N–H and O–H groups in total. The minimum atomic E-state index is -0.0115. The third kappa shape index (κ3) is 5.16. The van der Waals surface area contributed by atoms with Crippen LogP contribution in [0.15, 0.2) is 170 Å². The number of rotatable bonds is 3. The summed E-state index contributed by atoms with van der Waals surface area (Å²) in [7, 11) is 0. The zero-order chi connectivity index (χ0) is 43.7. The lowest BCUT2D eigenvalue weighted by Crippen LogP contribution is -2.11. The maximum atomic E-state index is 2.62. The topological polar surface area (TPSA) is 8.82 Å². The van der Waals surface area contributed by atoms with Crippen LogP contribution in [0.3, 0.4) is 0 Å². The summed E-state index contributed by atoms with van der Waals surface area (Å²) in [6.07, 6.45) is 0. The van der Waals surface area contributed by atoms with E-state index in [-0.39, 0.29) is 10.8 Å². The first kappa shape index (κ1) is 37.2. The number of fused-ring (bicyclic) bond motifs is 16. The van der Waals surface area contributed by atoms with Crippen LogP contribution in [0.4, 0.5) is 0 Å². The number of thiophene rings is 1. The molecule has 14 rings (SSSR count). The van der Waals surface area contributed by atoms with Gasteiger partial charge in [0.25, 0.3) is 0 Å². The van der Waals surface area contributed by atoms with Gasteiger partial charge in [-0.3, -0.25) is 0 Å². The number of hydrogen-bond donors (Lipinski definition) is 0. The molecule has 0 saturated carbocycles. The fourth-order valence-electron chi connectivity index (χ4n) is 11.3. The summed E-state index contributed by atoms with van der Waals surface area (Å²) in [5, 5.41) is 13.3. The van der Waals surface area contributed by atoms with Crippen molar-refractivity contribution in [3.63, 3.8) is 0 Å². The molecule has 0 fully saturated rings. The molecule has 5 heterocycles. The summed E-state index contributed by atoms with van der Waals surface area (Å²) in [5.74, 6) is 0. The monoisotopic (exact) mass is 850 g/mol. The van der Waals surface area contributed by atoms with E-state index in [9.17, 15) is 0 Å². The molecule has 2 nitrogen and oxygen atoms in total. The Kier molecular flexibility index (Phi) is 7.29. The van der Waals surface area contributed by atoms with Crippen LogP contribution in [0.2, 0.25) is 0 Å². The Morgan fingerprint density at radius 3 is 1.48 bits per heavy atom. The summed E-state index contributed by atoms with van der Waals surface area (Å²) in [6, 6.07) is 64.7. The van der Waals surface area contributed by atoms with Gasteiger partial charge in [-0.1, -0.05) is 139 Å². The minimum Gasteiger partial charge on any atom is -0.308 e. The number of benzene rings is 9. The molecular weight excluding hydrogens is 805 g/mol. The highest BCUT2D eigenvalue weighted by molar-refractivity contribution is 7.26. The molecule has 0 spiro atoms. The Hall–Kier alpha value is -7.20. The van der Waals surface area contributed by atoms with Crippen LogP contribution >= 0.6 is 11.3 Å². The second kappa shape index (κ2) is 12.7. The molecular formula is C62H46N2S. The van der Waals surface area contributed by atoms with E-state index in [1.807, 2.05) is 11.3 Å². The normalized spacial score (nSPS) is 13.1. The molecule has 0 aliphatic rings. The molecule has 5 aromatic heterocycles. The van der Waals surface area contributed by atoms with Gasteiger partial charge < -0.3 is 8.80 Å². The largest absolute Gasteiger partial charge is 0.308 e. The van der Waals surface area contributed by atoms with Crippen molar-refractivity contribution in [2.45, 2.75) is 52.4 Å². The van der Waals surface area contributed by atoms with Crippen LogP contribution < -0.4 is 0 Å². The van der Waals surface area contributed by atoms with Crippen molar-refractivity contribution in [2.24, 2.45) is 0 Å². The minimum absolute atomic E-state index is 0.0115. The summed E-state index contributed by atoms with van der Waals surface area (Å²) in [4.78, 5) is 0. The molecule has 0 atom stereocenters. The summed E-state index contributed by atoms with van der Waals surface area (Å²) >= 11 is 1.94. The first-order valence-electron chi connectivity index (χ1n) is 23.0. The van der Waals surface area contributed by atoms with Crippen molar-refractivity contribution in [3.05, 3.63) is 181 Å². The number of nitrogens with zero attached hydrogens (tertiary/aromatic N) is 2. The zero-order valence-corrected chi connectivity index (χ0v) is 38.3. The van der Waals surface area contributed by atoms with Gasteiger partial charge in [0.2, 0.25) is 0 Å². The van der Waals surface area contributed by atoms with Gasteiger partial charge in [-0.25, -0.2) is 0 Å². The van der Waals surface area contributed by atoms with E-state index in [0.29, 0.717) is 0 Å². The van der Waals surface area contributed by atoms with Crippen molar-refractivity contribution < 1.29 is 0 Å². The van der Waals surface area contributed by atoms with E-state index < -0.39 is 0 Å². The smallest absolute Gasteiger partial charge is 0.0635 e. The Morgan fingerprint density at radius 2 is 0.846 bits per heavy atom. The second-order valence-corrected chi connectivity index (χ2v) is 21.6. The van der Waals surface area contributed by atoms with Crippen molar-refractivity contribution in [1.29, 1.82) is 0 Å². The lowest BCUT2D eigenvalue weighted by molar-refractivity contribution is 0.590. The van der Waals surface area contributed by atoms with Crippen LogP contribution in [0.5, 0.6) is 0 Å². The maximum absolute atomic E-state index is 2.62. The van der Waals surface area contributed by atoms with Gasteiger partial charge >= 0.3 is 0 Å². The van der Waals surface area contributed by atoms with Crippen molar-refractivity contribution >= 4 is 108 Å². The average molecular weight is 851 g/mol. The van der Waals surface area contributed by atoms with E-state index in [1.165, 1.54) is 141 Å². The summed E-state index contributed by atoms with van der Waals surface area (Å²) < 4.78 is 7.90. The van der Waals surface area contributed by atoms with Crippen LogP contribution in [0, 0.1) is 0 Å². The Morgan fingerprint density at radius 1 is 0.323 bits per heavy atom. The van der Waals surface area contributed by atoms with E-state index in [4.69, 9.17) is 0 Å². The number of aromatic nitrogens is 2. The molecule has 0 bridgehead atoms. The molecule has 0 unspecified atom stereocenters. The highest BCUT2D eigenvalue weighted by atomic mass is 32.1. The van der Waals surface area contributed by atoms with Gasteiger partial charge in [0.15, 0.2) is 0 Å². The predicted octanol–water partition coefficient (Wildman–Crippen LogP) is 18.0. The van der Waals surface area contributed by atoms with Gasteiger partial charge in [0, 0.05) is 63.3 Å². The first-order valence-corrected chi connectivity index (χ1v) is 23.8. The Labute approximate surface area is 381 Å². The molecule has 14 aromatic rings. The van der Waals surface area contributed by atoms with E-state index in [0.717, 1.165) is 0 Å². The highest BCUT2D eigenvalue weighted by Gasteiger charge is 2.27. The maximum Gasteiger partial charge on any atom is 0.0635 e. The van der Waals surface area contributed by atoms with Crippen LogP contribution in [0.1, 0.15) is 52.7 Å². The van der Waals surface area contributed by atoms with Crippen molar-refractivity contribution in [2.75, 3.05) is 0 Å². The molecule has 0 radical (unpaired) electrons. The second-order valence-electron chi connectivity index (χ2n) is 20.6. The van der Waals surface area contributed by atoms with Crippen LogP contribution in [0.25, 0.3) is 130 Å². The third-order valence-electron chi connectivity index (χ3n) is 14.6. The quantitative estimate of drug-likeness (QED) is 0.167. The zero-order valence-electron chi connectivity index (χ0n) is 37.5. The fraction of sp³-hybridized carbons (Fsp3) is 0.129. The molecule has 9 aromatic carbocycles. The van der Waals surface area contributed by atoms with Gasteiger partial charge in [-0.15, -0.1) is 11.3 Å². The van der Waals surface area contributed by atoms with E-state index in [1.54, 1.807) is 0 Å². The average Bonchev–Trinajstić information content (AvgIpc) is 4.11. The van der Waals surface area contributed by atoms with Gasteiger partial charge in [-0.05, 0) is 128 Å². The standard InChI is InChI=1S/C62H46N2S/c1-61(2,3)41-22-24-52-45(29-41)48-30-42(62(4,5)6)31-49-46-33-55-47(34-54(46)63(52)58(48)49)50-32-51-43-19-13-14-20-56(43)65-60(51)57-44-23-21-37(28-53(44)64(55)59(50)57)40-26-38(35-15-9-7-10-16-35)25-39(27-40)36-17-11-8-12-18-36/h7-34H,1-6H3. The lowest BCUT2D eigenvalue weighted by atomic mass is 9.84. The summed E-state index contributed by atoms with van der Waals surface area (Å²) in [6.45, 7) is 14.0. The van der Waals surface area contributed by atoms with Crippen molar-refractivity contribution in [3.8, 4) is 33.4 Å². The van der Waals surface area contributed by atoms with E-state index in [2.05, 4.69) is 220 Å². The van der Waals surface area contributed by atoms with Gasteiger partial charge in [-0.2, -0.15) is 0 Å². The fourth-order valence-corrected chi connectivity index (χ4v) is 12.5. The Bertz CT molecular complexity index is 4220. The molecule has 310 valence electrons. The lowest BCUT2D eigenvalue weighted by Gasteiger charge is -2.20. The van der Waals surface area contributed by atoms with E-state index >= 15 is 0 Å². The molecule has 0 aliphatic heterocycles. The highest BCUT2D eigenvalue weighted by Crippen LogP contribution is 2.51. The van der Waals surface area contributed by atoms with Gasteiger partial charge in [0.05, 0.1) is 33.1 Å². The molecule has 3 heteroatoms. The molecule has 0 amide bonds. The third-order valence-corrected chi connectivity index (χ3v) is 15.8. The Balaban J connectivity index is 1.12. The number of hydrogen-bond acceptors (Lipinski definition) is 1. The molecule has 65 heavy (non-hydrogen) atoms. The molecule has 0 aliphatic carbocycles. The van der Waals surface area contributed by atoms with Crippen LogP contribution in [-0.2, 0) is 10.8 Å². The predicted molar refractivity (Wildman–Crippen MR) is 282 cm³/mol. The van der Waals surface area contributed by atoms with Crippen molar-refractivity contribution in [1.82, 2.24) is 8.80 Å². The SMILES string of the molecule is CC(C)(C)c1ccc2c(c1)c1cc(C(C)(C)C)cc3c4cc5c(cc4n2c13)c1cc2c3ccccc3sc2c2c3ccc(-c4cc(-c6ccccc6)cc(-c6ccccc6)c4)cc3n5c12. The van der Waals surface area contributed by atoms with Crippen LogP contribution in [-0.4, -0.2) is 8.80 Å².